The second-order valence-corrected chi connectivity index (χ2v) is 4.54. The summed E-state index contributed by atoms with van der Waals surface area (Å²) >= 11 is 1.27. The fraction of sp³-hybridized carbons (Fsp3) is 0. The largest absolute Gasteiger partial charge is 0.396 e. The summed E-state index contributed by atoms with van der Waals surface area (Å²) in [6.45, 7) is 0. The summed E-state index contributed by atoms with van der Waals surface area (Å²) in [4.78, 5) is 8.21. The number of hydrogen-bond acceptors (Lipinski definition) is 7. The molecule has 94 valence electrons. The van der Waals surface area contributed by atoms with Gasteiger partial charge < -0.3 is 5.73 Å². The lowest BCUT2D eigenvalue weighted by atomic mass is 10.3. The Morgan fingerprint density at radius 3 is 2.53 bits per heavy atom. The fourth-order valence-electron chi connectivity index (χ4n) is 1.43. The molecule has 0 saturated heterocycles. The highest BCUT2D eigenvalue weighted by Gasteiger charge is 2.11. The van der Waals surface area contributed by atoms with Crippen LogP contribution in [0.4, 0.5) is 5.69 Å². The number of anilines is 1. The molecule has 0 aliphatic rings. The molecule has 19 heavy (non-hydrogen) atoms. The number of rotatable bonds is 3. The van der Waals surface area contributed by atoms with Gasteiger partial charge in [0.05, 0.1) is 23.8 Å². The van der Waals surface area contributed by atoms with Crippen LogP contribution >= 0.6 is 11.8 Å². The lowest BCUT2D eigenvalue weighted by Crippen LogP contribution is -1.99. The SMILES string of the molecule is Nc1cnc(Sc2nnnn2-c2ccccc2)nc1. The van der Waals surface area contributed by atoms with Gasteiger partial charge in [-0.3, -0.25) is 0 Å². The van der Waals surface area contributed by atoms with Crippen LogP contribution in [0.2, 0.25) is 0 Å². The van der Waals surface area contributed by atoms with E-state index in [9.17, 15) is 0 Å². The molecule has 0 fully saturated rings. The lowest BCUT2D eigenvalue weighted by molar-refractivity contribution is 0.755. The van der Waals surface area contributed by atoms with Crippen molar-refractivity contribution < 1.29 is 0 Å². The van der Waals surface area contributed by atoms with Gasteiger partial charge in [0.25, 0.3) is 0 Å². The molecular weight excluding hydrogens is 262 g/mol. The number of nitrogens with zero attached hydrogens (tertiary/aromatic N) is 6. The van der Waals surface area contributed by atoms with Gasteiger partial charge in [0, 0.05) is 0 Å². The smallest absolute Gasteiger partial charge is 0.221 e. The van der Waals surface area contributed by atoms with Crippen LogP contribution in [0, 0.1) is 0 Å². The molecule has 0 aliphatic heterocycles. The molecule has 3 rings (SSSR count). The summed E-state index contributed by atoms with van der Waals surface area (Å²) in [5.41, 5.74) is 6.94. The summed E-state index contributed by atoms with van der Waals surface area (Å²) in [5.74, 6) is 0. The van der Waals surface area contributed by atoms with Crippen LogP contribution in [0.5, 0.6) is 0 Å². The molecule has 0 radical (unpaired) electrons. The Morgan fingerprint density at radius 2 is 1.79 bits per heavy atom. The van der Waals surface area contributed by atoms with E-state index < -0.39 is 0 Å². The third-order valence-corrected chi connectivity index (χ3v) is 3.10. The Bertz CT molecular complexity index is 665. The molecule has 0 aliphatic carbocycles. The van der Waals surface area contributed by atoms with Gasteiger partial charge in [-0.15, -0.1) is 5.10 Å². The van der Waals surface area contributed by atoms with Gasteiger partial charge >= 0.3 is 0 Å². The lowest BCUT2D eigenvalue weighted by Gasteiger charge is -2.02. The minimum absolute atomic E-state index is 0.520. The van der Waals surface area contributed by atoms with Gasteiger partial charge in [0.2, 0.25) is 5.16 Å². The number of para-hydroxylation sites is 1. The van der Waals surface area contributed by atoms with Crippen molar-refractivity contribution in [2.45, 2.75) is 10.3 Å². The van der Waals surface area contributed by atoms with Gasteiger partial charge in [-0.2, -0.15) is 4.68 Å². The van der Waals surface area contributed by atoms with Crippen molar-refractivity contribution in [1.82, 2.24) is 30.2 Å². The summed E-state index contributed by atoms with van der Waals surface area (Å²) in [7, 11) is 0. The number of hydrogen-bond donors (Lipinski definition) is 1. The monoisotopic (exact) mass is 271 g/mol. The third kappa shape index (κ3) is 2.52. The maximum absolute atomic E-state index is 5.54. The van der Waals surface area contributed by atoms with E-state index in [-0.39, 0.29) is 0 Å². The van der Waals surface area contributed by atoms with Crippen molar-refractivity contribution in [3.8, 4) is 5.69 Å². The highest BCUT2D eigenvalue weighted by Crippen LogP contribution is 2.23. The highest BCUT2D eigenvalue weighted by molar-refractivity contribution is 7.99. The number of tetrazole rings is 1. The molecule has 1 aromatic carbocycles. The van der Waals surface area contributed by atoms with Crippen molar-refractivity contribution in [1.29, 1.82) is 0 Å². The van der Waals surface area contributed by atoms with Crippen molar-refractivity contribution in [3.63, 3.8) is 0 Å². The summed E-state index contributed by atoms with van der Waals surface area (Å²) in [6, 6.07) is 9.62. The van der Waals surface area contributed by atoms with Crippen molar-refractivity contribution in [2.24, 2.45) is 0 Å². The number of benzene rings is 1. The number of nitrogens with two attached hydrogens (primary N) is 1. The fourth-order valence-corrected chi connectivity index (χ4v) is 2.11. The zero-order valence-corrected chi connectivity index (χ0v) is 10.5. The van der Waals surface area contributed by atoms with E-state index in [1.54, 1.807) is 17.1 Å². The second kappa shape index (κ2) is 5.02. The van der Waals surface area contributed by atoms with Crippen LogP contribution in [0.1, 0.15) is 0 Å². The Labute approximate surface area is 112 Å². The highest BCUT2D eigenvalue weighted by atomic mass is 32.2. The van der Waals surface area contributed by atoms with Crippen LogP contribution in [0.3, 0.4) is 0 Å². The average Bonchev–Trinajstić information content (AvgIpc) is 2.90. The number of nitrogen functional groups attached to an aromatic ring is 1. The topological polar surface area (TPSA) is 95.4 Å². The molecule has 0 unspecified atom stereocenters. The van der Waals surface area contributed by atoms with Crippen LogP contribution in [0.25, 0.3) is 5.69 Å². The van der Waals surface area contributed by atoms with Crippen molar-refractivity contribution >= 4 is 17.4 Å². The predicted octanol–water partition coefficient (Wildman–Crippen LogP) is 1.19. The predicted molar refractivity (Wildman–Crippen MR) is 69.7 cm³/mol. The zero-order valence-electron chi connectivity index (χ0n) is 9.71. The maximum Gasteiger partial charge on any atom is 0.221 e. The quantitative estimate of drug-likeness (QED) is 0.715. The van der Waals surface area contributed by atoms with Crippen LogP contribution < -0.4 is 5.73 Å². The van der Waals surface area contributed by atoms with Crippen molar-refractivity contribution in [2.75, 3.05) is 5.73 Å². The van der Waals surface area contributed by atoms with Gasteiger partial charge in [-0.1, -0.05) is 18.2 Å². The Morgan fingerprint density at radius 1 is 1.05 bits per heavy atom. The van der Waals surface area contributed by atoms with Crippen LogP contribution in [0.15, 0.2) is 53.0 Å². The zero-order chi connectivity index (χ0) is 13.1. The van der Waals surface area contributed by atoms with E-state index >= 15 is 0 Å². The van der Waals surface area contributed by atoms with E-state index in [4.69, 9.17) is 5.73 Å². The van der Waals surface area contributed by atoms with Crippen LogP contribution in [-0.2, 0) is 0 Å². The molecule has 0 amide bonds. The van der Waals surface area contributed by atoms with Crippen LogP contribution in [-0.4, -0.2) is 30.2 Å². The van der Waals surface area contributed by atoms with E-state index in [0.29, 0.717) is 16.0 Å². The molecule has 0 bridgehead atoms. The minimum Gasteiger partial charge on any atom is -0.396 e. The molecule has 7 nitrogen and oxygen atoms in total. The first-order valence-electron chi connectivity index (χ1n) is 5.42. The molecular formula is C11H9N7S. The Hall–Kier alpha value is -2.48. The first-order valence-corrected chi connectivity index (χ1v) is 6.24. The van der Waals surface area contributed by atoms with E-state index in [0.717, 1.165) is 5.69 Å². The molecule has 2 aromatic heterocycles. The standard InChI is InChI=1S/C11H9N7S/c12-8-6-13-10(14-7-8)19-11-15-16-17-18(11)9-4-2-1-3-5-9/h1-7H,12H2. The minimum atomic E-state index is 0.520. The van der Waals surface area contributed by atoms with Gasteiger partial charge in [-0.25, -0.2) is 9.97 Å². The first kappa shape index (κ1) is 11.6. The molecule has 0 saturated carbocycles. The summed E-state index contributed by atoms with van der Waals surface area (Å²) in [5, 5.41) is 12.7. The van der Waals surface area contributed by atoms with Gasteiger partial charge in [-0.05, 0) is 34.3 Å². The van der Waals surface area contributed by atoms with Crippen molar-refractivity contribution in [3.05, 3.63) is 42.7 Å². The third-order valence-electron chi connectivity index (χ3n) is 2.27. The van der Waals surface area contributed by atoms with E-state index in [1.807, 2.05) is 30.3 Å². The summed E-state index contributed by atoms with van der Waals surface area (Å²) in [6.07, 6.45) is 3.10. The molecule has 3 aromatic rings. The molecule has 0 atom stereocenters. The van der Waals surface area contributed by atoms with E-state index in [1.165, 1.54) is 11.8 Å². The first-order chi connectivity index (χ1) is 9.33. The Kier molecular flexibility index (Phi) is 3.07. The maximum atomic E-state index is 5.54. The van der Waals surface area contributed by atoms with E-state index in [2.05, 4.69) is 25.5 Å². The molecule has 2 heterocycles. The number of aromatic nitrogens is 6. The normalized spacial score (nSPS) is 10.5. The molecule has 0 spiro atoms. The van der Waals surface area contributed by atoms with Gasteiger partial charge in [0.1, 0.15) is 0 Å². The second-order valence-electron chi connectivity index (χ2n) is 3.61. The molecule has 8 heteroatoms. The average molecular weight is 271 g/mol. The summed E-state index contributed by atoms with van der Waals surface area (Å²) < 4.78 is 1.63. The molecule has 2 N–H and O–H groups in total. The Balaban J connectivity index is 1.91. The van der Waals surface area contributed by atoms with Gasteiger partial charge in [0.15, 0.2) is 5.16 Å².